The number of phenolic OH excluding ortho intramolecular Hbond substituents is 1. The number of carbonyl (C=O) groups excluding carboxylic acids is 3. The number of amides is 1. The van der Waals surface area contributed by atoms with E-state index in [1.54, 1.807) is 27.3 Å². The Morgan fingerprint density at radius 3 is 2.39 bits per heavy atom. The molecule has 49 heavy (non-hydrogen) atoms. The zero-order valence-electron chi connectivity index (χ0n) is 27.3. The lowest BCUT2D eigenvalue weighted by molar-refractivity contribution is -0.153. The Labute approximate surface area is 288 Å². The van der Waals surface area contributed by atoms with Crippen molar-refractivity contribution in [3.63, 3.8) is 0 Å². The van der Waals surface area contributed by atoms with Crippen molar-refractivity contribution >= 4 is 34.8 Å². The topological polar surface area (TPSA) is 183 Å². The van der Waals surface area contributed by atoms with Gasteiger partial charge in [-0.15, -0.1) is 0 Å². The van der Waals surface area contributed by atoms with Crippen molar-refractivity contribution in [2.24, 2.45) is 17.6 Å². The fraction of sp³-hybridized carbons (Fsp3) is 0.324. The van der Waals surface area contributed by atoms with Crippen LogP contribution in [0, 0.1) is 11.8 Å². The number of fused-ring (bicyclic) bond motifs is 3. The van der Waals surface area contributed by atoms with Crippen molar-refractivity contribution in [2.45, 2.75) is 37.5 Å². The van der Waals surface area contributed by atoms with Gasteiger partial charge >= 0.3 is 0 Å². The normalized spacial score (nSPS) is 23.3. The molecule has 4 atom stereocenters. The second-order valence-electron chi connectivity index (χ2n) is 13.0. The van der Waals surface area contributed by atoms with Crippen LogP contribution in [0.15, 0.2) is 71.5 Å². The third-order valence-corrected chi connectivity index (χ3v) is 10.2. The summed E-state index contributed by atoms with van der Waals surface area (Å²) in [5, 5.41) is 49.8. The van der Waals surface area contributed by atoms with E-state index >= 15 is 0 Å². The zero-order valence-corrected chi connectivity index (χ0v) is 28.0. The molecular weight excluding hydrogens is 650 g/mol. The van der Waals surface area contributed by atoms with Crippen molar-refractivity contribution in [3.8, 4) is 22.6 Å². The molecule has 256 valence electrons. The molecule has 11 nitrogen and oxygen atoms in total. The molecule has 3 aliphatic rings. The summed E-state index contributed by atoms with van der Waals surface area (Å²) in [6, 6.07) is 15.4. The van der Waals surface area contributed by atoms with Gasteiger partial charge in [-0.25, -0.2) is 0 Å². The number of methoxy groups -OCH3 is 1. The number of ketones is 2. The van der Waals surface area contributed by atoms with Crippen molar-refractivity contribution < 1.29 is 39.5 Å². The number of nitrogens with two attached hydrogens (primary N) is 1. The van der Waals surface area contributed by atoms with Gasteiger partial charge in [0.25, 0.3) is 5.91 Å². The van der Waals surface area contributed by atoms with Gasteiger partial charge < -0.3 is 36.2 Å². The standard InChI is InChI=1S/C37H38ClN3O8/c1-41(2)31-25-16-20-15-24-22(23-14-19(6-11-27(23)49-3)17-40-13-12-18-4-7-21(38)8-5-18)9-10-26(42)29(24)32(43)28(20)34(45)37(25,48)35(46)30(33(31)44)36(39)47/h4-11,14,20,25,31,40,42-43,46,48H,12-13,15-17H2,1-3H3,(H2,39,47). The Kier molecular flexibility index (Phi) is 9.06. The van der Waals surface area contributed by atoms with Crippen molar-refractivity contribution in [1.82, 2.24) is 10.2 Å². The first-order valence-electron chi connectivity index (χ1n) is 15.9. The van der Waals surface area contributed by atoms with Crippen LogP contribution >= 0.6 is 11.6 Å². The first kappa shape index (κ1) is 34.2. The number of Topliss-reactive ketones (excluding diaryl/α,β-unsaturated/α-hetero) is 2. The van der Waals surface area contributed by atoms with Crippen LogP contribution in [0.25, 0.3) is 16.9 Å². The smallest absolute Gasteiger partial charge is 0.255 e. The van der Waals surface area contributed by atoms with Crippen LogP contribution in [0.1, 0.15) is 28.7 Å². The number of halogens is 1. The fourth-order valence-electron chi connectivity index (χ4n) is 7.69. The molecule has 0 aliphatic heterocycles. The quantitative estimate of drug-likeness (QED) is 0.144. The molecule has 0 radical (unpaired) electrons. The van der Waals surface area contributed by atoms with E-state index in [9.17, 15) is 34.8 Å². The van der Waals surface area contributed by atoms with Crippen LogP contribution in [-0.2, 0) is 33.8 Å². The molecule has 1 fully saturated rings. The monoisotopic (exact) mass is 687 g/mol. The van der Waals surface area contributed by atoms with Crippen molar-refractivity contribution in [2.75, 3.05) is 27.7 Å². The van der Waals surface area contributed by atoms with Crippen LogP contribution in [0.3, 0.4) is 0 Å². The number of rotatable bonds is 9. The summed E-state index contributed by atoms with van der Waals surface area (Å²) >= 11 is 6.00. The number of primary amides is 1. The molecule has 3 aromatic carbocycles. The van der Waals surface area contributed by atoms with E-state index < -0.39 is 58.0 Å². The third-order valence-electron chi connectivity index (χ3n) is 9.99. The minimum atomic E-state index is -2.70. The predicted octanol–water partition coefficient (Wildman–Crippen LogP) is 3.63. The Balaban J connectivity index is 1.39. The maximum absolute atomic E-state index is 14.2. The van der Waals surface area contributed by atoms with Crippen molar-refractivity contribution in [3.05, 3.63) is 98.8 Å². The van der Waals surface area contributed by atoms with Crippen LogP contribution < -0.4 is 15.8 Å². The van der Waals surface area contributed by atoms with Gasteiger partial charge in [0.05, 0.1) is 18.7 Å². The number of aliphatic hydroxyl groups is 3. The Hall–Kier alpha value is -4.68. The minimum absolute atomic E-state index is 0.00439. The fourth-order valence-corrected chi connectivity index (χ4v) is 7.81. The van der Waals surface area contributed by atoms with Gasteiger partial charge in [-0.1, -0.05) is 35.9 Å². The highest BCUT2D eigenvalue weighted by Crippen LogP contribution is 2.54. The molecule has 4 unspecified atom stereocenters. The summed E-state index contributed by atoms with van der Waals surface area (Å²) in [4.78, 5) is 41.3. The van der Waals surface area contributed by atoms with Crippen molar-refractivity contribution in [1.29, 1.82) is 0 Å². The minimum Gasteiger partial charge on any atom is -0.508 e. The summed E-state index contributed by atoms with van der Waals surface area (Å²) in [6.07, 6.45) is 0.966. The lowest BCUT2D eigenvalue weighted by atomic mass is 9.57. The van der Waals surface area contributed by atoms with Gasteiger partial charge in [0.15, 0.2) is 11.4 Å². The zero-order chi connectivity index (χ0) is 35.4. The first-order chi connectivity index (χ1) is 23.3. The van der Waals surface area contributed by atoms with E-state index in [1.807, 2.05) is 42.5 Å². The highest BCUT2D eigenvalue weighted by molar-refractivity contribution is 6.30. The second kappa shape index (κ2) is 13.0. The van der Waals surface area contributed by atoms with Gasteiger partial charge in [0.1, 0.15) is 28.6 Å². The molecule has 6 rings (SSSR count). The number of aromatic hydroxyl groups is 1. The summed E-state index contributed by atoms with van der Waals surface area (Å²) in [6.45, 7) is 1.28. The molecule has 7 N–H and O–H groups in total. The number of carbonyl (C=O) groups is 3. The first-order valence-corrected chi connectivity index (χ1v) is 16.3. The second-order valence-corrected chi connectivity index (χ2v) is 13.5. The lowest BCUT2D eigenvalue weighted by Crippen LogP contribution is -2.65. The molecule has 3 aromatic rings. The van der Waals surface area contributed by atoms with Crippen LogP contribution in [0.4, 0.5) is 0 Å². The summed E-state index contributed by atoms with van der Waals surface area (Å²) in [7, 11) is 4.68. The van der Waals surface area contributed by atoms with E-state index in [0.29, 0.717) is 34.0 Å². The van der Waals surface area contributed by atoms with E-state index in [-0.39, 0.29) is 29.7 Å². The molecule has 0 spiro atoms. The number of likely N-dealkylation sites (N-methyl/N-ethyl adjacent to an activating group) is 1. The molecule has 0 heterocycles. The molecule has 0 aromatic heterocycles. The number of hydrogen-bond donors (Lipinski definition) is 6. The number of phenols is 1. The Bertz CT molecular complexity index is 1940. The maximum atomic E-state index is 14.2. The lowest BCUT2D eigenvalue weighted by Gasteiger charge is -2.50. The summed E-state index contributed by atoms with van der Waals surface area (Å²) in [5.74, 6) is -6.39. The highest BCUT2D eigenvalue weighted by Gasteiger charge is 2.64. The van der Waals surface area contributed by atoms with Crippen LogP contribution in [-0.4, -0.2) is 82.2 Å². The average molecular weight is 688 g/mol. The van der Waals surface area contributed by atoms with Gasteiger partial charge in [0.2, 0.25) is 5.78 Å². The number of ether oxygens (including phenoxy) is 1. The van der Waals surface area contributed by atoms with E-state index in [0.717, 1.165) is 24.1 Å². The third kappa shape index (κ3) is 5.66. The number of benzene rings is 3. The molecule has 1 amide bonds. The highest BCUT2D eigenvalue weighted by atomic mass is 35.5. The van der Waals surface area contributed by atoms with Gasteiger partial charge in [0, 0.05) is 28.6 Å². The van der Waals surface area contributed by atoms with Crippen LogP contribution in [0.5, 0.6) is 11.5 Å². The largest absolute Gasteiger partial charge is 0.508 e. The molecule has 1 saturated carbocycles. The molecular formula is C37H38ClN3O8. The van der Waals surface area contributed by atoms with Gasteiger partial charge in [-0.3, -0.25) is 19.3 Å². The van der Waals surface area contributed by atoms with E-state index in [2.05, 4.69) is 5.32 Å². The van der Waals surface area contributed by atoms with E-state index in [4.69, 9.17) is 22.1 Å². The molecule has 12 heteroatoms. The number of aliphatic hydroxyl groups excluding tert-OH is 2. The predicted molar refractivity (Wildman–Crippen MR) is 183 cm³/mol. The number of hydrogen-bond acceptors (Lipinski definition) is 10. The molecule has 3 aliphatic carbocycles. The Morgan fingerprint density at radius 2 is 1.73 bits per heavy atom. The van der Waals surface area contributed by atoms with Crippen LogP contribution in [0.2, 0.25) is 5.02 Å². The maximum Gasteiger partial charge on any atom is 0.255 e. The SMILES string of the molecule is COc1ccc(CNCCc2ccc(Cl)cc2)cc1-c1ccc(O)c2c1CC1CC3C(N(C)C)C(=O)C(C(N)=O)=C(O)C3(O)C(=O)C1=C2O. The van der Waals surface area contributed by atoms with E-state index in [1.165, 1.54) is 11.0 Å². The average Bonchev–Trinajstić information content (AvgIpc) is 3.05. The Morgan fingerprint density at radius 1 is 1.04 bits per heavy atom. The number of nitrogens with one attached hydrogen (secondary N) is 1. The summed E-state index contributed by atoms with van der Waals surface area (Å²) < 4.78 is 5.73. The molecule has 0 bridgehead atoms. The summed E-state index contributed by atoms with van der Waals surface area (Å²) in [5.41, 5.74) is 5.72. The molecule has 0 saturated heterocycles. The number of nitrogens with zero attached hydrogens (tertiary/aromatic N) is 1. The van der Waals surface area contributed by atoms with Gasteiger partial charge in [-0.05, 0) is 98.4 Å². The van der Waals surface area contributed by atoms with Gasteiger partial charge in [-0.2, -0.15) is 0 Å².